The van der Waals surface area contributed by atoms with Gasteiger partial charge < -0.3 is 5.73 Å². The Morgan fingerprint density at radius 3 is 2.89 bits per heavy atom. The molecule has 0 aliphatic heterocycles. The van der Waals surface area contributed by atoms with Crippen molar-refractivity contribution >= 4 is 16.9 Å². The number of fused-ring (bicyclic) bond motifs is 1. The molecule has 0 radical (unpaired) electrons. The van der Waals surface area contributed by atoms with Gasteiger partial charge in [-0.15, -0.1) is 6.42 Å². The lowest BCUT2D eigenvalue weighted by atomic mass is 10.1. The first-order valence-electron chi connectivity index (χ1n) is 5.74. The van der Waals surface area contributed by atoms with Crippen LogP contribution in [0.1, 0.15) is 11.3 Å². The van der Waals surface area contributed by atoms with Gasteiger partial charge in [-0.25, -0.2) is 9.67 Å². The van der Waals surface area contributed by atoms with Crippen molar-refractivity contribution in [2.75, 3.05) is 5.73 Å². The van der Waals surface area contributed by atoms with Crippen molar-refractivity contribution in [2.45, 2.75) is 6.92 Å². The van der Waals surface area contributed by atoms with E-state index < -0.39 is 0 Å². The summed E-state index contributed by atoms with van der Waals surface area (Å²) in [7, 11) is 0. The molecule has 3 aromatic rings. The molecule has 2 aromatic heterocycles. The summed E-state index contributed by atoms with van der Waals surface area (Å²) in [4.78, 5) is 8.06. The number of terminal acetylenes is 1. The van der Waals surface area contributed by atoms with Gasteiger partial charge >= 0.3 is 0 Å². The first-order chi connectivity index (χ1) is 9.19. The second-order valence-corrected chi connectivity index (χ2v) is 4.15. The van der Waals surface area contributed by atoms with Crippen LogP contribution in [0.4, 0.5) is 5.95 Å². The van der Waals surface area contributed by atoms with Gasteiger partial charge in [-0.1, -0.05) is 5.92 Å². The number of nitrogens with zero attached hydrogens (tertiary/aromatic N) is 4. The minimum absolute atomic E-state index is 0.215. The SMILES string of the molecule is C#Cc1ccc2c(C)nn(-c3ccnc(N)n3)c2c1. The van der Waals surface area contributed by atoms with Crippen molar-refractivity contribution in [1.82, 2.24) is 19.7 Å². The third kappa shape index (κ3) is 1.79. The van der Waals surface area contributed by atoms with Crippen LogP contribution in [0, 0.1) is 19.3 Å². The van der Waals surface area contributed by atoms with Crippen LogP contribution in [-0.2, 0) is 0 Å². The zero-order valence-corrected chi connectivity index (χ0v) is 10.3. The molecule has 2 N–H and O–H groups in total. The number of nitrogens with two attached hydrogens (primary N) is 1. The van der Waals surface area contributed by atoms with Gasteiger partial charge in [0.2, 0.25) is 5.95 Å². The standard InChI is InChI=1S/C14H11N5/c1-3-10-4-5-11-9(2)18-19(12(11)8-10)13-6-7-16-14(15)17-13/h1,4-8H,2H3,(H2,15,16,17). The zero-order chi connectivity index (χ0) is 13.4. The quantitative estimate of drug-likeness (QED) is 0.666. The molecule has 0 atom stereocenters. The molecule has 0 saturated heterocycles. The van der Waals surface area contributed by atoms with Gasteiger partial charge in [0, 0.05) is 23.2 Å². The zero-order valence-electron chi connectivity index (χ0n) is 10.3. The maximum absolute atomic E-state index is 5.61. The highest BCUT2D eigenvalue weighted by molar-refractivity contribution is 5.84. The van der Waals surface area contributed by atoms with Crippen molar-refractivity contribution in [1.29, 1.82) is 0 Å². The van der Waals surface area contributed by atoms with Crippen LogP contribution in [0.2, 0.25) is 0 Å². The number of hydrogen-bond donors (Lipinski definition) is 1. The van der Waals surface area contributed by atoms with E-state index in [1.54, 1.807) is 16.9 Å². The molecule has 0 aliphatic carbocycles. The molecule has 0 saturated carbocycles. The van der Waals surface area contributed by atoms with E-state index in [1.165, 1.54) is 0 Å². The number of hydrogen-bond acceptors (Lipinski definition) is 4. The van der Waals surface area contributed by atoms with Gasteiger partial charge in [-0.3, -0.25) is 0 Å². The lowest BCUT2D eigenvalue weighted by molar-refractivity contribution is 0.853. The highest BCUT2D eigenvalue weighted by Crippen LogP contribution is 2.22. The molecular weight excluding hydrogens is 238 g/mol. The Bertz CT molecular complexity index is 810. The van der Waals surface area contributed by atoms with Gasteiger partial charge in [0.05, 0.1) is 11.2 Å². The van der Waals surface area contributed by atoms with Crippen LogP contribution in [-0.4, -0.2) is 19.7 Å². The topological polar surface area (TPSA) is 69.6 Å². The van der Waals surface area contributed by atoms with E-state index in [2.05, 4.69) is 21.0 Å². The molecule has 3 rings (SSSR count). The van der Waals surface area contributed by atoms with Crippen LogP contribution in [0.5, 0.6) is 0 Å². The van der Waals surface area contributed by atoms with E-state index in [0.717, 1.165) is 22.2 Å². The average molecular weight is 249 g/mol. The van der Waals surface area contributed by atoms with Crippen molar-refractivity contribution in [2.24, 2.45) is 0 Å². The predicted molar refractivity (Wildman–Crippen MR) is 73.7 cm³/mol. The van der Waals surface area contributed by atoms with Gasteiger partial charge in [-0.2, -0.15) is 10.1 Å². The molecule has 5 heteroatoms. The second-order valence-electron chi connectivity index (χ2n) is 4.15. The Labute approximate surface area is 110 Å². The van der Waals surface area contributed by atoms with Gasteiger partial charge in [0.1, 0.15) is 0 Å². The van der Waals surface area contributed by atoms with E-state index >= 15 is 0 Å². The Hall–Kier alpha value is -2.87. The van der Waals surface area contributed by atoms with E-state index in [4.69, 9.17) is 12.2 Å². The van der Waals surface area contributed by atoms with Gasteiger partial charge in [-0.05, 0) is 25.1 Å². The number of aromatic nitrogens is 4. The van der Waals surface area contributed by atoms with E-state index in [1.807, 2.05) is 25.1 Å². The molecule has 2 heterocycles. The fourth-order valence-corrected chi connectivity index (χ4v) is 2.02. The van der Waals surface area contributed by atoms with Gasteiger partial charge in [0.15, 0.2) is 5.82 Å². The lowest BCUT2D eigenvalue weighted by Crippen LogP contribution is -2.03. The Kier molecular flexibility index (Phi) is 2.43. The number of benzene rings is 1. The molecule has 0 unspecified atom stereocenters. The summed E-state index contributed by atoms with van der Waals surface area (Å²) in [5, 5.41) is 5.52. The summed E-state index contributed by atoms with van der Waals surface area (Å²) in [6, 6.07) is 7.53. The van der Waals surface area contributed by atoms with Crippen LogP contribution in [0.15, 0.2) is 30.5 Å². The summed E-state index contributed by atoms with van der Waals surface area (Å²) >= 11 is 0. The molecule has 0 bridgehead atoms. The molecule has 19 heavy (non-hydrogen) atoms. The molecule has 5 nitrogen and oxygen atoms in total. The fraction of sp³-hybridized carbons (Fsp3) is 0.0714. The first-order valence-corrected chi connectivity index (χ1v) is 5.74. The lowest BCUT2D eigenvalue weighted by Gasteiger charge is -2.02. The molecular formula is C14H11N5. The maximum Gasteiger partial charge on any atom is 0.221 e. The third-order valence-corrected chi connectivity index (χ3v) is 2.91. The molecule has 1 aromatic carbocycles. The molecule has 0 aliphatic rings. The van der Waals surface area contributed by atoms with E-state index in [0.29, 0.717) is 5.82 Å². The number of anilines is 1. The predicted octanol–water partition coefficient (Wildman–Crippen LogP) is 1.69. The van der Waals surface area contributed by atoms with Crippen molar-refractivity contribution in [3.8, 4) is 18.2 Å². The van der Waals surface area contributed by atoms with E-state index in [9.17, 15) is 0 Å². The Morgan fingerprint density at radius 2 is 2.16 bits per heavy atom. The molecule has 0 amide bonds. The average Bonchev–Trinajstić information content (AvgIpc) is 2.75. The fourth-order valence-electron chi connectivity index (χ4n) is 2.02. The normalized spacial score (nSPS) is 10.5. The highest BCUT2D eigenvalue weighted by atomic mass is 15.3. The van der Waals surface area contributed by atoms with E-state index in [-0.39, 0.29) is 5.95 Å². The number of nitrogen functional groups attached to an aromatic ring is 1. The smallest absolute Gasteiger partial charge is 0.221 e. The summed E-state index contributed by atoms with van der Waals surface area (Å²) in [6.45, 7) is 1.94. The summed E-state index contributed by atoms with van der Waals surface area (Å²) < 4.78 is 1.73. The number of aryl methyl sites for hydroxylation is 1. The largest absolute Gasteiger partial charge is 0.368 e. The van der Waals surface area contributed by atoms with Crippen LogP contribution >= 0.6 is 0 Å². The molecule has 92 valence electrons. The summed E-state index contributed by atoms with van der Waals surface area (Å²) in [5.41, 5.74) is 8.23. The number of rotatable bonds is 1. The monoisotopic (exact) mass is 249 g/mol. The molecule has 0 spiro atoms. The maximum atomic E-state index is 5.61. The minimum Gasteiger partial charge on any atom is -0.368 e. The highest BCUT2D eigenvalue weighted by Gasteiger charge is 2.10. The van der Waals surface area contributed by atoms with Crippen molar-refractivity contribution in [3.05, 3.63) is 41.7 Å². The first kappa shape index (κ1) is 11.2. The van der Waals surface area contributed by atoms with Crippen molar-refractivity contribution in [3.63, 3.8) is 0 Å². The van der Waals surface area contributed by atoms with Crippen LogP contribution < -0.4 is 5.73 Å². The molecule has 0 fully saturated rings. The van der Waals surface area contributed by atoms with Gasteiger partial charge in [0.25, 0.3) is 0 Å². The third-order valence-electron chi connectivity index (χ3n) is 2.91. The summed E-state index contributed by atoms with van der Waals surface area (Å²) in [6.07, 6.45) is 7.04. The summed E-state index contributed by atoms with van der Waals surface area (Å²) in [5.74, 6) is 3.46. The minimum atomic E-state index is 0.215. The van der Waals surface area contributed by atoms with Crippen LogP contribution in [0.3, 0.4) is 0 Å². The second kappa shape index (κ2) is 4.10. The van der Waals surface area contributed by atoms with Crippen LogP contribution in [0.25, 0.3) is 16.7 Å². The Morgan fingerprint density at radius 1 is 1.32 bits per heavy atom. The van der Waals surface area contributed by atoms with Crippen molar-refractivity contribution < 1.29 is 0 Å². The Balaban J connectivity index is 2.32.